The van der Waals surface area contributed by atoms with Crippen molar-refractivity contribution in [1.82, 2.24) is 5.32 Å². The number of amides is 2. The average Bonchev–Trinajstić information content (AvgIpc) is 2.82. The highest BCUT2D eigenvalue weighted by Gasteiger charge is 2.14. The van der Waals surface area contributed by atoms with E-state index in [-0.39, 0.29) is 18.6 Å². The Kier molecular flexibility index (Phi) is 8.03. The van der Waals surface area contributed by atoms with Crippen LogP contribution in [0.4, 0.5) is 0 Å². The van der Waals surface area contributed by atoms with Crippen molar-refractivity contribution in [2.24, 2.45) is 5.73 Å². The summed E-state index contributed by atoms with van der Waals surface area (Å²) in [5, 5.41) is 3.09. The van der Waals surface area contributed by atoms with Crippen LogP contribution in [0, 0.1) is 0 Å². The predicted octanol–water partition coefficient (Wildman–Crippen LogP) is 3.67. The number of hydrogen-bond acceptors (Lipinski definition) is 4. The summed E-state index contributed by atoms with van der Waals surface area (Å²) in [6.07, 6.45) is 3.87. The number of primary amides is 1. The van der Waals surface area contributed by atoms with Gasteiger partial charge in [0.25, 0.3) is 5.91 Å². The first-order valence-corrected chi connectivity index (χ1v) is 10.2. The third-order valence-corrected chi connectivity index (χ3v) is 4.79. The van der Waals surface area contributed by atoms with Crippen LogP contribution >= 0.6 is 0 Å². The average molecular weight is 431 g/mol. The Balaban J connectivity index is 1.70. The van der Waals surface area contributed by atoms with Crippen LogP contribution in [0.15, 0.2) is 84.9 Å². The number of carbonyl (C=O) groups excluding carboxylic acids is 2. The van der Waals surface area contributed by atoms with E-state index in [0.717, 1.165) is 16.7 Å². The third kappa shape index (κ3) is 6.74. The zero-order valence-electron chi connectivity index (χ0n) is 17.9. The van der Waals surface area contributed by atoms with Crippen molar-refractivity contribution < 1.29 is 19.1 Å². The molecular weight excluding hydrogens is 404 g/mol. The molecule has 3 aromatic rings. The number of nitrogens with two attached hydrogens (primary N) is 1. The van der Waals surface area contributed by atoms with E-state index in [2.05, 4.69) is 5.32 Å². The van der Waals surface area contributed by atoms with E-state index in [9.17, 15) is 9.59 Å². The molecule has 0 saturated carbocycles. The number of nitrogens with one attached hydrogen (secondary N) is 1. The fourth-order valence-electron chi connectivity index (χ4n) is 3.24. The molecular formula is C26H26N2O4. The van der Waals surface area contributed by atoms with Gasteiger partial charge < -0.3 is 20.5 Å². The van der Waals surface area contributed by atoms with Crippen LogP contribution in [0.1, 0.15) is 22.7 Å². The van der Waals surface area contributed by atoms with Crippen LogP contribution in [0.3, 0.4) is 0 Å². The van der Waals surface area contributed by atoms with Gasteiger partial charge in [0, 0.05) is 6.08 Å². The second-order valence-electron chi connectivity index (χ2n) is 7.16. The summed E-state index contributed by atoms with van der Waals surface area (Å²) < 4.78 is 10.6. The van der Waals surface area contributed by atoms with Gasteiger partial charge in [-0.05, 0) is 41.3 Å². The first-order chi connectivity index (χ1) is 15.5. The number of hydrogen-bond donors (Lipinski definition) is 2. The molecule has 0 aromatic heterocycles. The molecule has 0 spiro atoms. The van der Waals surface area contributed by atoms with Crippen molar-refractivity contribution in [1.29, 1.82) is 0 Å². The van der Waals surface area contributed by atoms with E-state index < -0.39 is 5.91 Å². The molecule has 2 amide bonds. The molecule has 1 unspecified atom stereocenters. The van der Waals surface area contributed by atoms with Gasteiger partial charge in [-0.3, -0.25) is 9.59 Å². The number of rotatable bonds is 10. The van der Waals surface area contributed by atoms with Crippen molar-refractivity contribution in [2.75, 3.05) is 13.7 Å². The summed E-state index contributed by atoms with van der Waals surface area (Å²) in [7, 11) is 1.50. The molecule has 0 fully saturated rings. The van der Waals surface area contributed by atoms with Gasteiger partial charge in [0.2, 0.25) is 5.91 Å². The van der Waals surface area contributed by atoms with Crippen LogP contribution in [0.25, 0.3) is 6.08 Å². The van der Waals surface area contributed by atoms with Crippen molar-refractivity contribution >= 4 is 17.9 Å². The van der Waals surface area contributed by atoms with E-state index in [1.807, 2.05) is 60.7 Å². The third-order valence-electron chi connectivity index (χ3n) is 4.79. The summed E-state index contributed by atoms with van der Waals surface area (Å²) >= 11 is 0. The quantitative estimate of drug-likeness (QED) is 0.480. The maximum atomic E-state index is 12.7. The fourth-order valence-corrected chi connectivity index (χ4v) is 3.24. The minimum absolute atomic E-state index is 0.158. The first kappa shape index (κ1) is 22.6. The number of methoxy groups -OCH3 is 1. The van der Waals surface area contributed by atoms with Crippen LogP contribution in [-0.2, 0) is 16.0 Å². The summed E-state index contributed by atoms with van der Waals surface area (Å²) in [5.74, 6) is 0.0685. The Morgan fingerprint density at radius 3 is 2.31 bits per heavy atom. The van der Waals surface area contributed by atoms with Crippen molar-refractivity contribution in [3.8, 4) is 11.5 Å². The van der Waals surface area contributed by atoms with Gasteiger partial charge in [0.05, 0.1) is 13.2 Å². The highest BCUT2D eigenvalue weighted by Crippen LogP contribution is 2.28. The van der Waals surface area contributed by atoms with E-state index in [1.54, 1.807) is 24.3 Å². The lowest BCUT2D eigenvalue weighted by Gasteiger charge is -2.18. The van der Waals surface area contributed by atoms with E-state index >= 15 is 0 Å². The highest BCUT2D eigenvalue weighted by atomic mass is 16.5. The Hall–Kier alpha value is -4.06. The highest BCUT2D eigenvalue weighted by molar-refractivity contribution is 5.92. The van der Waals surface area contributed by atoms with E-state index in [1.165, 1.54) is 13.2 Å². The lowest BCUT2D eigenvalue weighted by atomic mass is 9.99. The van der Waals surface area contributed by atoms with Crippen LogP contribution < -0.4 is 20.5 Å². The van der Waals surface area contributed by atoms with Crippen molar-refractivity contribution in [2.45, 2.75) is 12.5 Å². The molecule has 0 aliphatic heterocycles. The Morgan fingerprint density at radius 1 is 0.969 bits per heavy atom. The predicted molar refractivity (Wildman–Crippen MR) is 124 cm³/mol. The number of carbonyl (C=O) groups is 2. The van der Waals surface area contributed by atoms with Crippen molar-refractivity contribution in [3.05, 3.63) is 102 Å². The van der Waals surface area contributed by atoms with Gasteiger partial charge in [-0.1, -0.05) is 66.7 Å². The Morgan fingerprint density at radius 2 is 1.66 bits per heavy atom. The summed E-state index contributed by atoms with van der Waals surface area (Å²) in [4.78, 5) is 23.6. The van der Waals surface area contributed by atoms with Gasteiger partial charge in [-0.15, -0.1) is 0 Å². The smallest absolute Gasteiger partial charge is 0.255 e. The topological polar surface area (TPSA) is 90.7 Å². The molecule has 3 aromatic carbocycles. The summed E-state index contributed by atoms with van der Waals surface area (Å²) in [6, 6.07) is 24.9. The fraction of sp³-hybridized carbons (Fsp3) is 0.154. The monoisotopic (exact) mass is 430 g/mol. The maximum Gasteiger partial charge on any atom is 0.255 e. The SMILES string of the molecule is COc1cc(C=CC(=O)NC(Cc2ccccc2)c2ccccc2)ccc1OCC(N)=O. The minimum atomic E-state index is -0.573. The summed E-state index contributed by atoms with van der Waals surface area (Å²) in [5.41, 5.74) is 8.04. The molecule has 6 nitrogen and oxygen atoms in total. The molecule has 0 radical (unpaired) electrons. The van der Waals surface area contributed by atoms with E-state index in [0.29, 0.717) is 17.9 Å². The lowest BCUT2D eigenvalue weighted by molar-refractivity contribution is -0.120. The molecule has 0 aliphatic rings. The maximum absolute atomic E-state index is 12.7. The molecule has 0 heterocycles. The van der Waals surface area contributed by atoms with Crippen LogP contribution in [-0.4, -0.2) is 25.5 Å². The van der Waals surface area contributed by atoms with Crippen LogP contribution in [0.2, 0.25) is 0 Å². The minimum Gasteiger partial charge on any atom is -0.493 e. The molecule has 6 heteroatoms. The van der Waals surface area contributed by atoms with Gasteiger partial charge >= 0.3 is 0 Å². The largest absolute Gasteiger partial charge is 0.493 e. The second kappa shape index (κ2) is 11.4. The normalized spacial score (nSPS) is 11.7. The molecule has 0 bridgehead atoms. The molecule has 0 saturated heterocycles. The molecule has 0 aliphatic carbocycles. The first-order valence-electron chi connectivity index (χ1n) is 10.2. The molecule has 32 heavy (non-hydrogen) atoms. The van der Waals surface area contributed by atoms with Gasteiger partial charge in [-0.25, -0.2) is 0 Å². The standard InChI is InChI=1S/C26H26N2O4/c1-31-24-17-20(12-14-23(24)32-18-25(27)29)13-15-26(30)28-22(21-10-6-3-7-11-21)16-19-8-4-2-5-9-19/h2-15,17,22H,16,18H2,1H3,(H2,27,29)(H,28,30). The van der Waals surface area contributed by atoms with Crippen LogP contribution in [0.5, 0.6) is 11.5 Å². The molecule has 1 atom stereocenters. The summed E-state index contributed by atoms with van der Waals surface area (Å²) in [6.45, 7) is -0.240. The zero-order chi connectivity index (χ0) is 22.8. The zero-order valence-corrected chi connectivity index (χ0v) is 17.9. The second-order valence-corrected chi connectivity index (χ2v) is 7.16. The number of ether oxygens (including phenoxy) is 2. The molecule has 3 N–H and O–H groups in total. The Bertz CT molecular complexity index is 1070. The van der Waals surface area contributed by atoms with Gasteiger partial charge in [0.15, 0.2) is 18.1 Å². The van der Waals surface area contributed by atoms with Gasteiger partial charge in [0.1, 0.15) is 0 Å². The van der Waals surface area contributed by atoms with Gasteiger partial charge in [-0.2, -0.15) is 0 Å². The molecule has 164 valence electrons. The lowest BCUT2D eigenvalue weighted by Crippen LogP contribution is -2.28. The number of benzene rings is 3. The van der Waals surface area contributed by atoms with E-state index in [4.69, 9.17) is 15.2 Å². The van der Waals surface area contributed by atoms with Crippen molar-refractivity contribution in [3.63, 3.8) is 0 Å². The molecule has 3 rings (SSSR count). The Labute approximate surface area is 187 Å².